The van der Waals surface area contributed by atoms with Crippen molar-refractivity contribution >= 4 is 127 Å². The molecular formula is C60H58N14O18S5. The topological polar surface area (TPSA) is 452 Å². The number of cyclic esters (lactones) is 2. The number of carbonyl (C=O) groups is 9. The molecule has 10 unspecified atom stereocenters. The fraction of sp³-hybridized carbons (Fsp3) is 0.350. The molecule has 97 heavy (non-hydrogen) atoms. The Balaban J connectivity index is 1.03. The zero-order valence-corrected chi connectivity index (χ0v) is 56.0. The zero-order valence-electron chi connectivity index (χ0n) is 51.9. The molecule has 0 spiro atoms. The minimum atomic E-state index is -1.86. The first-order chi connectivity index (χ1) is 46.2. The van der Waals surface area contributed by atoms with E-state index in [4.69, 9.17) is 49.1 Å². The standard InChI is InChI=1S/C60H58N14O18S5/c1-21(75)37-51(82)71-38(22(2)87-7)55-66-32(19-95-55)49(80)72-42-43-44(92-35-12-60(4,86)45(74(5)6)23(3)91-35)59(85)89-13-24-9-8-10-27-36(24)26(14-88-43)40(62-27)58(84)90-15-28(63-47(78)30-18-97-57(42)68-30)54-64-29(16-94-54)39-25(53-65-31(17-93-53)48(79)70-37)11-34(76)41(69-39)56-67-33(20-96-56)50(81)73-52(83)46(61)77/h8-11,16-21,23,28,35,37,42-45,62,75-76,86H,12-15H2,1-7H3,(H2,61,77)(H,63,78)(H,70,79)(H,71,82)(H,72,80)(H,73,81,83). The Hall–Kier alpha value is -9.41. The monoisotopic (exact) mass is 1420 g/mol. The lowest BCUT2D eigenvalue weighted by Gasteiger charge is -2.48. The molecule has 12 bridgehead atoms. The highest BCUT2D eigenvalue weighted by Gasteiger charge is 2.50. The normalized spacial score (nSPS) is 24.1. The number of aromatic nitrogens is 7. The molecule has 0 radical (unpaired) electrons. The quantitative estimate of drug-likeness (QED) is 0.0622. The number of rotatable bonds is 7. The van der Waals surface area contributed by atoms with Crippen LogP contribution in [0.4, 0.5) is 0 Å². The first-order valence-corrected chi connectivity index (χ1v) is 33.8. The molecule has 7 amide bonds. The number of H-pyrrole nitrogens is 1. The molecule has 10 atom stereocenters. The smallest absolute Gasteiger partial charge is 0.355 e. The predicted octanol–water partition coefficient (Wildman–Crippen LogP) is 3.19. The van der Waals surface area contributed by atoms with Crippen molar-refractivity contribution in [3.8, 4) is 38.4 Å². The van der Waals surface area contributed by atoms with Gasteiger partial charge in [0.1, 0.15) is 125 Å². The van der Waals surface area contributed by atoms with Crippen molar-refractivity contribution in [3.05, 3.63) is 112 Å². The van der Waals surface area contributed by atoms with Gasteiger partial charge in [-0.2, -0.15) is 0 Å². The van der Waals surface area contributed by atoms with E-state index >= 15 is 9.59 Å². The lowest BCUT2D eigenvalue weighted by molar-refractivity contribution is -0.280. The van der Waals surface area contributed by atoms with Gasteiger partial charge in [-0.3, -0.25) is 38.9 Å². The van der Waals surface area contributed by atoms with Gasteiger partial charge in [-0.15, -0.1) is 56.7 Å². The number of methoxy groups -OCH3 is 1. The second-order valence-electron chi connectivity index (χ2n) is 23.0. The van der Waals surface area contributed by atoms with Crippen LogP contribution in [-0.4, -0.2) is 185 Å². The number of hydrogen-bond donors (Lipinski definition) is 10. The summed E-state index contributed by atoms with van der Waals surface area (Å²) < 4.78 is 37.7. The van der Waals surface area contributed by atoms with Gasteiger partial charge in [-0.25, -0.2) is 39.5 Å². The molecule has 1 saturated heterocycles. The third-order valence-corrected chi connectivity index (χ3v) is 20.5. The van der Waals surface area contributed by atoms with Crippen molar-refractivity contribution in [3.63, 3.8) is 0 Å². The Morgan fingerprint density at radius 2 is 1.49 bits per heavy atom. The molecule has 4 aliphatic heterocycles. The molecule has 32 nitrogen and oxygen atoms in total. The highest BCUT2D eigenvalue weighted by molar-refractivity contribution is 7.14. The van der Waals surface area contributed by atoms with E-state index in [9.17, 15) is 48.9 Å². The highest BCUT2D eigenvalue weighted by atomic mass is 32.1. The van der Waals surface area contributed by atoms with E-state index < -0.39 is 133 Å². The van der Waals surface area contributed by atoms with Gasteiger partial charge >= 0.3 is 23.8 Å². The number of nitrogens with two attached hydrogens (primary N) is 1. The predicted molar refractivity (Wildman–Crippen MR) is 345 cm³/mol. The van der Waals surface area contributed by atoms with Crippen molar-refractivity contribution in [1.82, 2.24) is 66.4 Å². The van der Waals surface area contributed by atoms with E-state index in [1.165, 1.54) is 53.9 Å². The maximum Gasteiger partial charge on any atom is 0.355 e. The van der Waals surface area contributed by atoms with E-state index in [1.807, 2.05) is 5.32 Å². The average molecular weight is 1420 g/mol. The summed E-state index contributed by atoms with van der Waals surface area (Å²) in [4.78, 5) is 158. The largest absolute Gasteiger partial charge is 0.506 e. The number of amides is 7. The Kier molecular flexibility index (Phi) is 19.0. The van der Waals surface area contributed by atoms with Crippen LogP contribution >= 0.6 is 56.7 Å². The fourth-order valence-corrected chi connectivity index (χ4v) is 15.8. The van der Waals surface area contributed by atoms with Crippen molar-refractivity contribution in [2.75, 3.05) is 27.8 Å². The summed E-state index contributed by atoms with van der Waals surface area (Å²) in [5, 5.41) is 54.9. The van der Waals surface area contributed by atoms with Crippen molar-refractivity contribution in [2.24, 2.45) is 5.73 Å². The molecule has 8 aromatic rings. The van der Waals surface area contributed by atoms with Crippen LogP contribution in [0.5, 0.6) is 5.75 Å². The molecule has 0 aliphatic carbocycles. The summed E-state index contributed by atoms with van der Waals surface area (Å²) in [6.07, 6.45) is -7.35. The number of carbonyl (C=O) groups excluding carboxylic acids is 9. The van der Waals surface area contributed by atoms with Crippen LogP contribution in [-0.2, 0) is 60.8 Å². The Bertz CT molecular complexity index is 4550. The Labute approximate surface area is 568 Å². The van der Waals surface area contributed by atoms with Gasteiger partial charge in [-0.1, -0.05) is 12.1 Å². The molecular weight excluding hydrogens is 1370 g/mol. The molecule has 11 N–H and O–H groups in total. The number of fused-ring (bicyclic) bond motifs is 15. The number of imide groups is 1. The highest BCUT2D eigenvalue weighted by Crippen LogP contribution is 2.43. The molecule has 11 heterocycles. The van der Waals surface area contributed by atoms with Gasteiger partial charge in [0, 0.05) is 55.4 Å². The van der Waals surface area contributed by atoms with Crippen LogP contribution in [0, 0.1) is 0 Å². The molecule has 1 fully saturated rings. The van der Waals surface area contributed by atoms with Gasteiger partial charge in [0.2, 0.25) is 5.91 Å². The molecule has 1 aromatic carbocycles. The number of aromatic amines is 1. The number of thiazole rings is 5. The SMILES string of the molecule is COC(C)=C1NC(=O)C(C(C)O)NC(=O)c2csc(n2)-c2cc(O)c(-c3nc(C(=O)NC(=O)C(N)=O)cs3)nc2-c2csc(n2)C2COC(=O)c3[nH]c4cccc5c4c3COC(C(OC3CC(C)(O)C(N(C)C)C(C)O3)C(=O)OC5)C(NC(=O)c3csc1n3)c1nc(cs1)C(=O)N2. The number of nitrogens with zero attached hydrogens (tertiary/aromatic N) is 7. The molecule has 0 saturated carbocycles. The maximum atomic E-state index is 15.2. The van der Waals surface area contributed by atoms with Crippen LogP contribution in [0.2, 0.25) is 0 Å². The van der Waals surface area contributed by atoms with Gasteiger partial charge in [0.15, 0.2) is 12.4 Å². The second kappa shape index (κ2) is 27.2. The maximum absolute atomic E-state index is 15.2. The molecule has 4 aliphatic rings. The van der Waals surface area contributed by atoms with Gasteiger partial charge < -0.3 is 80.6 Å². The van der Waals surface area contributed by atoms with Crippen LogP contribution in [0.25, 0.3) is 49.3 Å². The van der Waals surface area contributed by atoms with Crippen LogP contribution in [0.15, 0.2) is 56.9 Å². The number of hydrogen-bond acceptors (Lipinski definition) is 30. The minimum absolute atomic E-state index is 0.00658. The van der Waals surface area contributed by atoms with Crippen LogP contribution in [0.1, 0.15) is 125 Å². The number of primary amides is 1. The van der Waals surface area contributed by atoms with Crippen LogP contribution < -0.4 is 32.3 Å². The van der Waals surface area contributed by atoms with Gasteiger partial charge in [0.05, 0.1) is 37.6 Å². The molecule has 506 valence electrons. The summed E-state index contributed by atoms with van der Waals surface area (Å²) >= 11 is 4.44. The fourth-order valence-electron chi connectivity index (χ4n) is 11.6. The molecule has 7 aromatic heterocycles. The van der Waals surface area contributed by atoms with Crippen molar-refractivity contribution in [1.29, 1.82) is 0 Å². The number of nitrogens with one attached hydrogen (secondary N) is 6. The number of esters is 2. The minimum Gasteiger partial charge on any atom is -0.506 e. The number of allylic oxidation sites excluding steroid dienone is 1. The van der Waals surface area contributed by atoms with Crippen molar-refractivity contribution in [2.45, 2.75) is 108 Å². The average Bonchev–Trinajstić information content (AvgIpc) is 1.73. The lowest BCUT2D eigenvalue weighted by atomic mass is 9.85. The van der Waals surface area contributed by atoms with E-state index in [-0.39, 0.29) is 106 Å². The van der Waals surface area contributed by atoms with E-state index in [0.29, 0.717) is 16.5 Å². The van der Waals surface area contributed by atoms with Gasteiger partial charge in [-0.05, 0) is 59.5 Å². The third kappa shape index (κ3) is 13.6. The number of ether oxygens (including phenoxy) is 6. The van der Waals surface area contributed by atoms with E-state index in [1.54, 1.807) is 51.0 Å². The third-order valence-electron chi connectivity index (χ3n) is 16.1. The zero-order chi connectivity index (χ0) is 69.0. The molecule has 37 heteroatoms. The number of aliphatic hydroxyl groups is 2. The summed E-state index contributed by atoms with van der Waals surface area (Å²) in [6, 6.07) is 1.13. The summed E-state index contributed by atoms with van der Waals surface area (Å²) in [7, 11) is 4.86. The first kappa shape index (κ1) is 67.6. The summed E-state index contributed by atoms with van der Waals surface area (Å²) in [5.41, 5.74) is 3.07. The number of aromatic hydroxyl groups is 1. The Morgan fingerprint density at radius 3 is 2.22 bits per heavy atom. The number of benzene rings is 1. The summed E-state index contributed by atoms with van der Waals surface area (Å²) in [6.45, 7) is 4.58. The Morgan fingerprint density at radius 1 is 0.825 bits per heavy atom. The summed E-state index contributed by atoms with van der Waals surface area (Å²) in [5.74, 6) is -10.1. The lowest BCUT2D eigenvalue weighted by Crippen LogP contribution is -2.62. The van der Waals surface area contributed by atoms with Crippen LogP contribution in [0.3, 0.4) is 0 Å². The van der Waals surface area contributed by atoms with E-state index in [0.717, 1.165) is 56.7 Å². The first-order valence-electron chi connectivity index (χ1n) is 29.4. The number of likely N-dealkylation sites (N-methyl/N-ethyl adjacent to an activating group) is 1. The van der Waals surface area contributed by atoms with Gasteiger partial charge in [0.25, 0.3) is 23.6 Å². The number of aliphatic hydroxyl groups excluding tert-OH is 1. The second-order valence-corrected chi connectivity index (χ2v) is 27.4. The van der Waals surface area contributed by atoms with Crippen molar-refractivity contribution < 1.29 is 86.9 Å². The molecule has 12 rings (SSSR count). The van der Waals surface area contributed by atoms with E-state index in [2.05, 4.69) is 41.2 Å². The number of pyridine rings is 1.